The molecule has 0 aliphatic carbocycles. The Morgan fingerprint density at radius 2 is 0.455 bits per heavy atom. The second-order valence-corrected chi connectivity index (χ2v) is 1.72. The minimum absolute atomic E-state index is 0. The molecule has 2 N–H and O–H groups in total. The van der Waals surface area contributed by atoms with Crippen molar-refractivity contribution in [2.45, 2.75) is 0 Å². The molecule has 22 heavy (non-hydrogen) atoms. The number of hydrogen-bond donors (Lipinski definition) is 2. The molecule has 0 heterocycles. The van der Waals surface area contributed by atoms with Crippen molar-refractivity contribution >= 4 is 35.8 Å². The van der Waals surface area contributed by atoms with Crippen LogP contribution in [-0.4, -0.2) is 46.3 Å². The molecule has 0 saturated heterocycles. The van der Waals surface area contributed by atoms with E-state index in [0.717, 1.165) is 0 Å². The van der Waals surface area contributed by atoms with Gasteiger partial charge in [0.15, 0.2) is 0 Å². The van der Waals surface area contributed by atoms with Crippen LogP contribution in [0.25, 0.3) is 0 Å². The fourth-order valence-corrected chi connectivity index (χ4v) is 0. The van der Waals surface area contributed by atoms with E-state index < -0.39 is 35.8 Å². The van der Waals surface area contributed by atoms with Crippen LogP contribution < -0.4 is 30.6 Å². The van der Waals surface area contributed by atoms with Crippen LogP contribution in [0.3, 0.4) is 0 Å². The zero-order chi connectivity index (χ0) is 17.5. The number of rotatable bonds is 0. The van der Waals surface area contributed by atoms with Crippen LogP contribution in [-0.2, 0) is 67.7 Å². The maximum atomic E-state index is 8.93. The predicted octanol–water partition coefficient (Wildman–Crippen LogP) is -10.5. The van der Waals surface area contributed by atoms with E-state index in [2.05, 4.69) is 0 Å². The molecule has 0 spiro atoms. The molecule has 2 radical (unpaired) electrons. The quantitative estimate of drug-likeness (QED) is 0.135. The number of carboxylic acid groups (broad SMARTS) is 6. The fraction of sp³-hybridized carbons (Fsp3) is 0. The number of carboxylic acids is 6. The van der Waals surface area contributed by atoms with Crippen LogP contribution in [0, 0.1) is 0 Å². The first kappa shape index (κ1) is 36.8. The monoisotopic (exact) mass is 502 g/mol. The molecule has 0 bridgehead atoms. The first-order valence-electron chi connectivity index (χ1n) is 3.40. The summed E-state index contributed by atoms with van der Waals surface area (Å²) in [6.45, 7) is 0. The molecule has 126 valence electrons. The summed E-state index contributed by atoms with van der Waals surface area (Å²) in [4.78, 5) is 53.6. The minimum Gasteiger partial charge on any atom is -0.543 e. The van der Waals surface area contributed by atoms with Gasteiger partial charge in [-0.05, 0) is 0 Å². The Labute approximate surface area is 145 Å². The SMILES string of the molecule is O=C([O-])C(=O)[O-].O=C([O-])C(=O)[O-].O=C([O-])C(=O)[O-].OO.[Ru+3].[Ru+3]. The summed E-state index contributed by atoms with van der Waals surface area (Å²) in [5.74, 6) is -13.1. The average molecular weight is 500 g/mol. The molecule has 16 heteroatoms. The first-order valence-corrected chi connectivity index (χ1v) is 3.40. The minimum atomic E-state index is -2.19. The topological polar surface area (TPSA) is 281 Å². The van der Waals surface area contributed by atoms with E-state index in [0.29, 0.717) is 0 Å². The average Bonchev–Trinajstić information content (AvgIpc) is 2.32. The van der Waals surface area contributed by atoms with Gasteiger partial charge in [0.2, 0.25) is 0 Å². The van der Waals surface area contributed by atoms with E-state index in [4.69, 9.17) is 69.9 Å². The van der Waals surface area contributed by atoms with Gasteiger partial charge in [-0.15, -0.1) is 0 Å². The molecule has 0 aromatic carbocycles. The van der Waals surface area contributed by atoms with Crippen molar-refractivity contribution in [2.24, 2.45) is 0 Å². The first-order chi connectivity index (χ1) is 8.93. The van der Waals surface area contributed by atoms with E-state index in [1.807, 2.05) is 0 Å². The Bertz CT molecular complexity index is 282. The van der Waals surface area contributed by atoms with E-state index in [-0.39, 0.29) is 39.0 Å². The Balaban J connectivity index is -0.0000000395. The maximum Gasteiger partial charge on any atom is 3.00 e. The van der Waals surface area contributed by atoms with Gasteiger partial charge in [-0.2, -0.15) is 0 Å². The van der Waals surface area contributed by atoms with Crippen LogP contribution in [0.1, 0.15) is 0 Å². The van der Waals surface area contributed by atoms with Gasteiger partial charge in [-0.25, -0.2) is 0 Å². The van der Waals surface area contributed by atoms with Gasteiger partial charge in [0, 0.05) is 0 Å². The van der Waals surface area contributed by atoms with Gasteiger partial charge in [0.05, 0.1) is 35.8 Å². The number of aliphatic carboxylic acids is 6. The molecule has 0 fully saturated rings. The summed E-state index contributed by atoms with van der Waals surface area (Å²) in [5.41, 5.74) is 0. The standard InChI is InChI=1S/3C2H2O4.H2O2.2Ru/c3*3-1(4)2(5)6;1-2;;/h3*(H,3,4)(H,5,6);1-2H;;/q;;;;2*+3/p-6. The smallest absolute Gasteiger partial charge is 0.543 e. The zero-order valence-electron chi connectivity index (χ0n) is 9.50. The van der Waals surface area contributed by atoms with Crippen molar-refractivity contribution in [3.8, 4) is 0 Å². The Kier molecular flexibility index (Phi) is 40.2. The summed E-state index contributed by atoms with van der Waals surface area (Å²) >= 11 is 0. The normalized spacial score (nSPS) is 6.27. The van der Waals surface area contributed by atoms with E-state index >= 15 is 0 Å². The van der Waals surface area contributed by atoms with Crippen LogP contribution in [0.2, 0.25) is 0 Å². The van der Waals surface area contributed by atoms with Gasteiger partial charge >= 0.3 is 39.0 Å². The largest absolute Gasteiger partial charge is 3.00 e. The summed E-state index contributed by atoms with van der Waals surface area (Å²) in [6.07, 6.45) is 0. The third kappa shape index (κ3) is 52.0. The number of hydrogen-bond acceptors (Lipinski definition) is 14. The van der Waals surface area contributed by atoms with Gasteiger partial charge in [0.1, 0.15) is 0 Å². The van der Waals surface area contributed by atoms with Crippen LogP contribution in [0.4, 0.5) is 0 Å². The Morgan fingerprint density at radius 3 is 0.455 bits per heavy atom. The molecule has 14 nitrogen and oxygen atoms in total. The van der Waals surface area contributed by atoms with Crippen molar-refractivity contribution in [1.29, 1.82) is 0 Å². The third-order valence-corrected chi connectivity index (χ3v) is 0.500. The number of carbonyl (C=O) groups excluding carboxylic acids is 6. The molecule has 0 aliphatic heterocycles. The second-order valence-electron chi connectivity index (χ2n) is 1.72. The van der Waals surface area contributed by atoms with E-state index in [1.54, 1.807) is 0 Å². The van der Waals surface area contributed by atoms with Crippen molar-refractivity contribution in [3.05, 3.63) is 0 Å². The number of carbonyl (C=O) groups is 6. The van der Waals surface area contributed by atoms with E-state index in [9.17, 15) is 0 Å². The Morgan fingerprint density at radius 1 is 0.409 bits per heavy atom. The predicted molar refractivity (Wildman–Crippen MR) is 35.3 cm³/mol. The van der Waals surface area contributed by atoms with Crippen LogP contribution in [0.5, 0.6) is 0 Å². The molecule has 0 aromatic rings. The third-order valence-electron chi connectivity index (χ3n) is 0.500. The fourth-order valence-electron chi connectivity index (χ4n) is 0. The summed E-state index contributed by atoms with van der Waals surface area (Å²) < 4.78 is 0. The molecule has 0 atom stereocenters. The maximum absolute atomic E-state index is 8.93. The van der Waals surface area contributed by atoms with Crippen LogP contribution in [0.15, 0.2) is 0 Å². The van der Waals surface area contributed by atoms with Gasteiger partial charge in [-0.3, -0.25) is 10.5 Å². The summed E-state index contributed by atoms with van der Waals surface area (Å²) in [5, 5.41) is 65.6. The second kappa shape index (κ2) is 24.0. The zero-order valence-corrected chi connectivity index (χ0v) is 13.0. The van der Waals surface area contributed by atoms with Crippen molar-refractivity contribution < 1.29 is 109 Å². The van der Waals surface area contributed by atoms with Gasteiger partial charge in [0.25, 0.3) is 0 Å². The van der Waals surface area contributed by atoms with E-state index in [1.165, 1.54) is 0 Å². The summed E-state index contributed by atoms with van der Waals surface area (Å²) in [7, 11) is 0. The van der Waals surface area contributed by atoms with Gasteiger partial charge < -0.3 is 59.4 Å². The molecule has 0 amide bonds. The van der Waals surface area contributed by atoms with Gasteiger partial charge in [-0.1, -0.05) is 0 Å². The molecule has 0 aromatic heterocycles. The van der Waals surface area contributed by atoms with Crippen LogP contribution >= 0.6 is 0 Å². The van der Waals surface area contributed by atoms with Crippen molar-refractivity contribution in [3.63, 3.8) is 0 Å². The molecule has 0 rings (SSSR count). The molecular formula is C6H2O14Ru2. The molecule has 0 saturated carbocycles. The Hall–Kier alpha value is -2.01. The van der Waals surface area contributed by atoms with Crippen molar-refractivity contribution in [1.82, 2.24) is 0 Å². The molecule has 0 aliphatic rings. The van der Waals surface area contributed by atoms with Crippen molar-refractivity contribution in [2.75, 3.05) is 0 Å². The molecular weight excluding hydrogens is 498 g/mol. The molecule has 0 unspecified atom stereocenters. The summed E-state index contributed by atoms with van der Waals surface area (Å²) in [6, 6.07) is 0.